The third kappa shape index (κ3) is 5.91. The number of benzene rings is 1. The van der Waals surface area contributed by atoms with Gasteiger partial charge in [0.2, 0.25) is 15.9 Å². The summed E-state index contributed by atoms with van der Waals surface area (Å²) in [5, 5.41) is 2.58. The van der Waals surface area contributed by atoms with Gasteiger partial charge >= 0.3 is 5.97 Å². The summed E-state index contributed by atoms with van der Waals surface area (Å²) in [6.45, 7) is 7.97. The number of carbonyl (C=O) groups is 3. The molecule has 0 aliphatic carbocycles. The van der Waals surface area contributed by atoms with E-state index in [1.165, 1.54) is 45.2 Å². The fourth-order valence-corrected chi connectivity index (χ4v) is 5.20. The van der Waals surface area contributed by atoms with Gasteiger partial charge in [-0.3, -0.25) is 9.59 Å². The van der Waals surface area contributed by atoms with Crippen LogP contribution in [-0.2, 0) is 24.3 Å². The highest BCUT2D eigenvalue weighted by molar-refractivity contribution is 7.89. The minimum atomic E-state index is -4.10. The molecule has 0 saturated carbocycles. The summed E-state index contributed by atoms with van der Waals surface area (Å²) in [6, 6.07) is 4.59. The van der Waals surface area contributed by atoms with Crippen molar-refractivity contribution >= 4 is 33.4 Å². The number of rotatable bonds is 11. The van der Waals surface area contributed by atoms with E-state index in [0.29, 0.717) is 16.9 Å². The van der Waals surface area contributed by atoms with Gasteiger partial charge in [-0.15, -0.1) is 0 Å². The molecule has 2 aromatic rings. The number of ketones is 1. The van der Waals surface area contributed by atoms with Crippen molar-refractivity contribution in [2.45, 2.75) is 45.6 Å². The lowest BCUT2D eigenvalue weighted by atomic mass is 10.0. The van der Waals surface area contributed by atoms with E-state index < -0.39 is 27.8 Å². The summed E-state index contributed by atoms with van der Waals surface area (Å²) in [5.41, 5.74) is 1.70. The third-order valence-corrected chi connectivity index (χ3v) is 7.26. The monoisotopic (exact) mass is 493 g/mol. The third-order valence-electron chi connectivity index (χ3n) is 5.27. The number of esters is 1. The van der Waals surface area contributed by atoms with Crippen molar-refractivity contribution in [3.05, 3.63) is 46.8 Å². The van der Waals surface area contributed by atoms with Crippen LogP contribution in [0.2, 0.25) is 0 Å². The van der Waals surface area contributed by atoms with Gasteiger partial charge in [-0.2, -0.15) is 4.31 Å². The van der Waals surface area contributed by atoms with Crippen molar-refractivity contribution in [2.24, 2.45) is 0 Å². The van der Waals surface area contributed by atoms with Gasteiger partial charge in [-0.25, -0.2) is 13.2 Å². The lowest BCUT2D eigenvalue weighted by Gasteiger charge is -2.27. The number of Topliss-reactive ketones (excluding diaryl/α,β-unsaturated/α-hetero) is 1. The van der Waals surface area contributed by atoms with E-state index in [1.54, 1.807) is 20.8 Å². The molecule has 1 atom stereocenters. The maximum atomic E-state index is 13.5. The minimum absolute atomic E-state index is 0.0351. The predicted octanol–water partition coefficient (Wildman–Crippen LogP) is 2.68. The van der Waals surface area contributed by atoms with Crippen molar-refractivity contribution in [1.82, 2.24) is 9.29 Å². The van der Waals surface area contributed by atoms with Crippen molar-refractivity contribution in [3.63, 3.8) is 0 Å². The number of methoxy groups -OCH3 is 1. The highest BCUT2D eigenvalue weighted by Crippen LogP contribution is 2.26. The first-order chi connectivity index (χ1) is 15.9. The van der Waals surface area contributed by atoms with E-state index in [1.807, 2.05) is 0 Å². The Bertz CT molecular complexity index is 1150. The largest absolute Gasteiger partial charge is 0.461 e. The summed E-state index contributed by atoms with van der Waals surface area (Å²) in [4.78, 5) is 39.8. The zero-order valence-electron chi connectivity index (χ0n) is 20.2. The lowest BCUT2D eigenvalue weighted by Crippen LogP contribution is -2.45. The van der Waals surface area contributed by atoms with E-state index >= 15 is 0 Å². The molecule has 1 aromatic heterocycles. The fraction of sp³-hybridized carbons (Fsp3) is 0.435. The SMILES string of the molecule is CCOC(=O)c1[nH]c(C)c(C(=O)C(C)N(CCOC)S(=O)(=O)c2ccc(NC(C)=O)cc2)c1C. The summed E-state index contributed by atoms with van der Waals surface area (Å²) < 4.78 is 38.1. The fourth-order valence-electron chi connectivity index (χ4n) is 3.62. The molecule has 10 nitrogen and oxygen atoms in total. The topological polar surface area (TPSA) is 135 Å². The van der Waals surface area contributed by atoms with Gasteiger partial charge in [-0.1, -0.05) is 0 Å². The molecule has 1 aromatic carbocycles. The summed E-state index contributed by atoms with van der Waals surface area (Å²) in [5.74, 6) is -1.33. The van der Waals surface area contributed by atoms with Crippen LogP contribution in [0.5, 0.6) is 0 Å². The van der Waals surface area contributed by atoms with Gasteiger partial charge in [0.15, 0.2) is 5.78 Å². The van der Waals surface area contributed by atoms with Crippen LogP contribution < -0.4 is 5.32 Å². The molecule has 1 unspecified atom stereocenters. The van der Waals surface area contributed by atoms with Gasteiger partial charge in [0.1, 0.15) is 5.69 Å². The molecule has 2 rings (SSSR count). The van der Waals surface area contributed by atoms with Crippen molar-refractivity contribution < 1.29 is 32.3 Å². The van der Waals surface area contributed by atoms with Gasteiger partial charge in [-0.05, 0) is 57.5 Å². The maximum absolute atomic E-state index is 13.5. The first-order valence-corrected chi connectivity index (χ1v) is 12.2. The Morgan fingerprint density at radius 2 is 1.76 bits per heavy atom. The molecule has 0 aliphatic rings. The highest BCUT2D eigenvalue weighted by Gasteiger charge is 2.35. The number of nitrogens with one attached hydrogen (secondary N) is 2. The first kappa shape index (κ1) is 27.2. The molecular formula is C23H31N3O7S. The Morgan fingerprint density at radius 1 is 1.15 bits per heavy atom. The summed E-state index contributed by atoms with van der Waals surface area (Å²) >= 11 is 0. The number of hydrogen-bond donors (Lipinski definition) is 2. The van der Waals surface area contributed by atoms with E-state index in [0.717, 1.165) is 4.31 Å². The molecule has 1 heterocycles. The van der Waals surface area contributed by atoms with Crippen LogP contribution in [0.4, 0.5) is 5.69 Å². The number of carbonyl (C=O) groups excluding carboxylic acids is 3. The number of hydrogen-bond acceptors (Lipinski definition) is 7. The molecule has 0 aliphatic heterocycles. The first-order valence-electron chi connectivity index (χ1n) is 10.7. The number of sulfonamides is 1. The van der Waals surface area contributed by atoms with E-state index in [4.69, 9.17) is 9.47 Å². The van der Waals surface area contributed by atoms with Crippen LogP contribution in [-0.4, -0.2) is 68.3 Å². The number of amides is 1. The zero-order chi connectivity index (χ0) is 25.6. The molecule has 11 heteroatoms. The average Bonchev–Trinajstić information content (AvgIpc) is 3.07. The lowest BCUT2D eigenvalue weighted by molar-refractivity contribution is -0.114. The highest BCUT2D eigenvalue weighted by atomic mass is 32.2. The van der Waals surface area contributed by atoms with Gasteiger partial charge in [0.05, 0.1) is 24.2 Å². The Hall–Kier alpha value is -3.02. The van der Waals surface area contributed by atoms with Crippen molar-refractivity contribution in [2.75, 3.05) is 32.2 Å². The van der Waals surface area contributed by atoms with Crippen LogP contribution in [0, 0.1) is 13.8 Å². The normalized spacial score (nSPS) is 12.4. The Morgan fingerprint density at radius 3 is 2.29 bits per heavy atom. The maximum Gasteiger partial charge on any atom is 0.355 e. The number of nitrogens with zero attached hydrogens (tertiary/aromatic N) is 1. The second kappa shape index (κ2) is 11.4. The Labute approximate surface area is 199 Å². The molecule has 0 fully saturated rings. The van der Waals surface area contributed by atoms with Gasteiger partial charge < -0.3 is 19.8 Å². The standard InChI is InChI=1S/C23H31N3O7S/c1-7-33-23(29)21-14(2)20(15(3)24-21)22(28)16(4)26(12-13-32-6)34(30,31)19-10-8-18(9-11-19)25-17(5)27/h8-11,16,24H,7,12-13H2,1-6H3,(H,25,27). The van der Waals surface area contributed by atoms with Crippen LogP contribution in [0.1, 0.15) is 52.9 Å². The molecule has 0 bridgehead atoms. The smallest absolute Gasteiger partial charge is 0.355 e. The molecular weight excluding hydrogens is 462 g/mol. The van der Waals surface area contributed by atoms with Crippen LogP contribution in [0.3, 0.4) is 0 Å². The average molecular weight is 494 g/mol. The second-order valence-electron chi connectivity index (χ2n) is 7.70. The number of H-pyrrole nitrogens is 1. The van der Waals surface area contributed by atoms with E-state index in [9.17, 15) is 22.8 Å². The molecule has 1 amide bonds. The number of aromatic nitrogens is 1. The Kier molecular flexibility index (Phi) is 9.14. The molecule has 0 radical (unpaired) electrons. The molecule has 34 heavy (non-hydrogen) atoms. The van der Waals surface area contributed by atoms with Crippen LogP contribution in [0.15, 0.2) is 29.2 Å². The van der Waals surface area contributed by atoms with E-state index in [2.05, 4.69) is 10.3 Å². The molecule has 0 spiro atoms. The Balaban J connectivity index is 2.44. The van der Waals surface area contributed by atoms with Crippen molar-refractivity contribution in [3.8, 4) is 0 Å². The minimum Gasteiger partial charge on any atom is -0.461 e. The second-order valence-corrected chi connectivity index (χ2v) is 9.59. The number of ether oxygens (including phenoxy) is 2. The van der Waals surface area contributed by atoms with Gasteiger partial charge in [0, 0.05) is 37.5 Å². The van der Waals surface area contributed by atoms with Crippen LogP contribution >= 0.6 is 0 Å². The van der Waals surface area contributed by atoms with Gasteiger partial charge in [0.25, 0.3) is 0 Å². The number of anilines is 1. The number of aromatic amines is 1. The molecule has 2 N–H and O–H groups in total. The number of aryl methyl sites for hydroxylation is 1. The predicted molar refractivity (Wildman–Crippen MR) is 127 cm³/mol. The van der Waals surface area contributed by atoms with Crippen molar-refractivity contribution in [1.29, 1.82) is 0 Å². The zero-order valence-corrected chi connectivity index (χ0v) is 21.0. The van der Waals surface area contributed by atoms with Crippen LogP contribution in [0.25, 0.3) is 0 Å². The molecule has 0 saturated heterocycles. The van der Waals surface area contributed by atoms with E-state index in [-0.39, 0.29) is 41.8 Å². The quantitative estimate of drug-likeness (QED) is 0.363. The molecule has 186 valence electrons. The summed E-state index contributed by atoms with van der Waals surface area (Å²) in [6.07, 6.45) is 0. The summed E-state index contributed by atoms with van der Waals surface area (Å²) in [7, 11) is -2.66.